The summed E-state index contributed by atoms with van der Waals surface area (Å²) in [5, 5.41) is 2.72. The highest BCUT2D eigenvalue weighted by Gasteiger charge is 2.08. The van der Waals surface area contributed by atoms with Gasteiger partial charge < -0.3 is 11.1 Å². The summed E-state index contributed by atoms with van der Waals surface area (Å²) < 4.78 is 0.848. The van der Waals surface area contributed by atoms with Crippen molar-refractivity contribution in [3.05, 3.63) is 28.5 Å². The largest absolute Gasteiger partial charge is 0.347 e. The minimum absolute atomic E-state index is 0.0343. The summed E-state index contributed by atoms with van der Waals surface area (Å²) in [6, 6.07) is 3.39. The molecule has 4 nitrogen and oxygen atoms in total. The average molecular weight is 258 g/mol. The molecular formula is C9H12BrN3O. The Morgan fingerprint density at radius 2 is 2.43 bits per heavy atom. The Hall–Kier alpha value is -0.940. The van der Waals surface area contributed by atoms with Crippen LogP contribution in [0.3, 0.4) is 0 Å². The summed E-state index contributed by atoms with van der Waals surface area (Å²) in [4.78, 5) is 15.4. The first-order chi connectivity index (χ1) is 6.63. The van der Waals surface area contributed by atoms with Gasteiger partial charge in [0.05, 0.1) is 0 Å². The van der Waals surface area contributed by atoms with E-state index >= 15 is 0 Å². The van der Waals surface area contributed by atoms with Crippen LogP contribution < -0.4 is 11.1 Å². The number of pyridine rings is 1. The fourth-order valence-electron chi connectivity index (χ4n) is 0.867. The number of nitrogens with two attached hydrogens (primary N) is 1. The molecule has 0 aliphatic heterocycles. The molecule has 0 radical (unpaired) electrons. The van der Waals surface area contributed by atoms with Gasteiger partial charge in [-0.1, -0.05) is 0 Å². The molecule has 0 spiro atoms. The Bertz CT molecular complexity index is 312. The fourth-order valence-corrected chi connectivity index (χ4v) is 1.10. The third kappa shape index (κ3) is 3.08. The number of hydrogen-bond donors (Lipinski definition) is 2. The lowest BCUT2D eigenvalue weighted by Gasteiger charge is -2.10. The summed E-state index contributed by atoms with van der Waals surface area (Å²) in [6.07, 6.45) is 1.59. The third-order valence-electron chi connectivity index (χ3n) is 1.69. The van der Waals surface area contributed by atoms with E-state index in [2.05, 4.69) is 26.2 Å². The molecule has 1 unspecified atom stereocenters. The lowest BCUT2D eigenvalue weighted by molar-refractivity contribution is 0.0936. The molecule has 1 atom stereocenters. The van der Waals surface area contributed by atoms with Crippen LogP contribution in [0.4, 0.5) is 0 Å². The van der Waals surface area contributed by atoms with Crippen LogP contribution in [0, 0.1) is 0 Å². The molecular weight excluding hydrogens is 246 g/mol. The highest BCUT2D eigenvalue weighted by atomic mass is 79.9. The molecule has 0 bridgehead atoms. The highest BCUT2D eigenvalue weighted by Crippen LogP contribution is 2.07. The molecule has 1 aromatic heterocycles. The van der Waals surface area contributed by atoms with Crippen molar-refractivity contribution >= 4 is 21.8 Å². The van der Waals surface area contributed by atoms with E-state index in [0.717, 1.165) is 4.47 Å². The number of rotatable bonds is 3. The number of nitrogens with zero attached hydrogens (tertiary/aromatic N) is 1. The zero-order chi connectivity index (χ0) is 10.6. The Labute approximate surface area is 91.0 Å². The number of hydrogen-bond acceptors (Lipinski definition) is 3. The molecule has 3 N–H and O–H groups in total. The molecule has 1 aromatic rings. The standard InChI is InChI=1S/C9H12BrN3O/c1-6(4-11)13-9(14)8-3-2-7(10)5-12-8/h2-3,5-6H,4,11H2,1H3,(H,13,14). The molecule has 1 rings (SSSR count). The monoisotopic (exact) mass is 257 g/mol. The van der Waals surface area contributed by atoms with Gasteiger partial charge in [0.25, 0.3) is 5.91 Å². The summed E-state index contributed by atoms with van der Waals surface area (Å²) in [5.41, 5.74) is 5.78. The quantitative estimate of drug-likeness (QED) is 0.847. The summed E-state index contributed by atoms with van der Waals surface area (Å²) in [7, 11) is 0. The van der Waals surface area contributed by atoms with Crippen LogP contribution in [0.1, 0.15) is 17.4 Å². The number of amides is 1. The number of aromatic nitrogens is 1. The minimum atomic E-state index is -0.199. The van der Waals surface area contributed by atoms with E-state index < -0.39 is 0 Å². The highest BCUT2D eigenvalue weighted by molar-refractivity contribution is 9.10. The van der Waals surface area contributed by atoms with E-state index in [-0.39, 0.29) is 11.9 Å². The lowest BCUT2D eigenvalue weighted by atomic mass is 10.3. The van der Waals surface area contributed by atoms with Crippen molar-refractivity contribution in [3.63, 3.8) is 0 Å². The molecule has 0 fully saturated rings. The minimum Gasteiger partial charge on any atom is -0.347 e. The number of nitrogens with one attached hydrogen (secondary N) is 1. The van der Waals surface area contributed by atoms with Crippen molar-refractivity contribution < 1.29 is 4.79 Å². The Kier molecular flexibility index (Phi) is 4.03. The zero-order valence-electron chi connectivity index (χ0n) is 7.83. The summed E-state index contributed by atoms with van der Waals surface area (Å²) >= 11 is 3.24. The van der Waals surface area contributed by atoms with Gasteiger partial charge in [-0.25, -0.2) is 4.98 Å². The molecule has 0 saturated heterocycles. The van der Waals surface area contributed by atoms with Crippen LogP contribution in [0.15, 0.2) is 22.8 Å². The third-order valence-corrected chi connectivity index (χ3v) is 2.16. The molecule has 1 heterocycles. The molecule has 14 heavy (non-hydrogen) atoms. The van der Waals surface area contributed by atoms with Crippen LogP contribution >= 0.6 is 15.9 Å². The van der Waals surface area contributed by atoms with Gasteiger partial charge in [-0.15, -0.1) is 0 Å². The van der Waals surface area contributed by atoms with E-state index in [1.807, 2.05) is 6.92 Å². The van der Waals surface area contributed by atoms with E-state index in [1.165, 1.54) is 0 Å². The van der Waals surface area contributed by atoms with Crippen molar-refractivity contribution in [2.75, 3.05) is 6.54 Å². The maximum atomic E-state index is 11.5. The van der Waals surface area contributed by atoms with Gasteiger partial charge in [-0.2, -0.15) is 0 Å². The second-order valence-electron chi connectivity index (χ2n) is 2.97. The number of carbonyl (C=O) groups is 1. The van der Waals surface area contributed by atoms with Gasteiger partial charge >= 0.3 is 0 Å². The summed E-state index contributed by atoms with van der Waals surface area (Å²) in [5.74, 6) is -0.199. The number of halogens is 1. The molecule has 0 saturated carbocycles. The second kappa shape index (κ2) is 5.07. The molecule has 1 amide bonds. The SMILES string of the molecule is CC(CN)NC(=O)c1ccc(Br)cn1. The van der Waals surface area contributed by atoms with Gasteiger partial charge in [0, 0.05) is 23.3 Å². The van der Waals surface area contributed by atoms with Crippen LogP contribution in [-0.2, 0) is 0 Å². The van der Waals surface area contributed by atoms with Crippen molar-refractivity contribution in [2.45, 2.75) is 13.0 Å². The lowest BCUT2D eigenvalue weighted by Crippen LogP contribution is -2.38. The maximum Gasteiger partial charge on any atom is 0.270 e. The van der Waals surface area contributed by atoms with Crippen LogP contribution in [0.25, 0.3) is 0 Å². The topological polar surface area (TPSA) is 68.0 Å². The zero-order valence-corrected chi connectivity index (χ0v) is 9.41. The van der Waals surface area contributed by atoms with Gasteiger partial charge in [-0.3, -0.25) is 4.79 Å². The van der Waals surface area contributed by atoms with Crippen LogP contribution in [0.2, 0.25) is 0 Å². The van der Waals surface area contributed by atoms with E-state index in [1.54, 1.807) is 18.3 Å². The van der Waals surface area contributed by atoms with Crippen molar-refractivity contribution in [2.24, 2.45) is 5.73 Å². The predicted molar refractivity (Wildman–Crippen MR) is 57.9 cm³/mol. The van der Waals surface area contributed by atoms with Crippen LogP contribution in [-0.4, -0.2) is 23.5 Å². The van der Waals surface area contributed by atoms with Crippen molar-refractivity contribution in [1.29, 1.82) is 0 Å². The summed E-state index contributed by atoms with van der Waals surface area (Å²) in [6.45, 7) is 2.26. The first kappa shape index (κ1) is 11.1. The second-order valence-corrected chi connectivity index (χ2v) is 3.89. The Balaban J connectivity index is 2.65. The fraction of sp³-hybridized carbons (Fsp3) is 0.333. The van der Waals surface area contributed by atoms with E-state index in [0.29, 0.717) is 12.2 Å². The average Bonchev–Trinajstić information content (AvgIpc) is 2.18. The first-order valence-corrected chi connectivity index (χ1v) is 5.05. The van der Waals surface area contributed by atoms with E-state index in [9.17, 15) is 4.79 Å². The Morgan fingerprint density at radius 1 is 1.71 bits per heavy atom. The van der Waals surface area contributed by atoms with E-state index in [4.69, 9.17) is 5.73 Å². The molecule has 0 aliphatic rings. The smallest absolute Gasteiger partial charge is 0.270 e. The van der Waals surface area contributed by atoms with Gasteiger partial charge in [0.2, 0.25) is 0 Å². The first-order valence-electron chi connectivity index (χ1n) is 4.26. The van der Waals surface area contributed by atoms with Gasteiger partial charge in [0.15, 0.2) is 0 Å². The molecule has 76 valence electrons. The van der Waals surface area contributed by atoms with Gasteiger partial charge in [0.1, 0.15) is 5.69 Å². The Morgan fingerprint density at radius 3 is 2.93 bits per heavy atom. The van der Waals surface area contributed by atoms with Crippen molar-refractivity contribution in [1.82, 2.24) is 10.3 Å². The molecule has 5 heteroatoms. The van der Waals surface area contributed by atoms with Crippen molar-refractivity contribution in [3.8, 4) is 0 Å². The maximum absolute atomic E-state index is 11.5. The number of carbonyl (C=O) groups excluding carboxylic acids is 1. The molecule has 0 aliphatic carbocycles. The predicted octanol–water partition coefficient (Wildman–Crippen LogP) is 0.921. The molecule has 0 aromatic carbocycles. The normalized spacial score (nSPS) is 12.2. The van der Waals surface area contributed by atoms with Crippen LogP contribution in [0.5, 0.6) is 0 Å². The van der Waals surface area contributed by atoms with Gasteiger partial charge in [-0.05, 0) is 35.0 Å².